The highest BCUT2D eigenvalue weighted by Crippen LogP contribution is 2.24. The molecule has 1 atom stereocenters. The number of aliphatic hydroxyl groups excluding tert-OH is 1. The molecule has 0 saturated carbocycles. The fourth-order valence-corrected chi connectivity index (χ4v) is 3.59. The molecular formula is C21H34N2O2. The fourth-order valence-electron chi connectivity index (χ4n) is 3.59. The van der Waals surface area contributed by atoms with Gasteiger partial charge in [0.1, 0.15) is 0 Å². The lowest BCUT2D eigenvalue weighted by Crippen LogP contribution is -2.40. The second kappa shape index (κ2) is 10.6. The van der Waals surface area contributed by atoms with Crippen molar-refractivity contribution in [1.29, 1.82) is 0 Å². The molecule has 0 aliphatic heterocycles. The number of amides is 1. The predicted molar refractivity (Wildman–Crippen MR) is 103 cm³/mol. The molecule has 0 saturated heterocycles. The van der Waals surface area contributed by atoms with Crippen LogP contribution in [-0.4, -0.2) is 42.2 Å². The number of hydrogen-bond acceptors (Lipinski definition) is 3. The molecule has 0 radical (unpaired) electrons. The van der Waals surface area contributed by atoms with Gasteiger partial charge in [0.15, 0.2) is 0 Å². The first kappa shape index (κ1) is 19.9. The first-order valence-corrected chi connectivity index (χ1v) is 9.88. The first-order chi connectivity index (χ1) is 12.1. The lowest BCUT2D eigenvalue weighted by molar-refractivity contribution is -0.123. The van der Waals surface area contributed by atoms with Crippen LogP contribution in [0.25, 0.3) is 0 Å². The number of fused-ring (bicyclic) bond motifs is 1. The van der Waals surface area contributed by atoms with Crippen LogP contribution in [0, 0.1) is 0 Å². The molecule has 25 heavy (non-hydrogen) atoms. The Bertz CT molecular complexity index is 545. The highest BCUT2D eigenvalue weighted by atomic mass is 16.3. The molecule has 0 aromatic heterocycles. The Morgan fingerprint density at radius 2 is 1.96 bits per heavy atom. The summed E-state index contributed by atoms with van der Waals surface area (Å²) in [6, 6.07) is 6.68. The third-order valence-electron chi connectivity index (χ3n) is 5.11. The molecular weight excluding hydrogens is 312 g/mol. The van der Waals surface area contributed by atoms with Gasteiger partial charge < -0.3 is 10.4 Å². The third-order valence-corrected chi connectivity index (χ3v) is 5.11. The molecule has 1 unspecified atom stereocenters. The van der Waals surface area contributed by atoms with Crippen LogP contribution in [0.1, 0.15) is 68.7 Å². The minimum Gasteiger partial charge on any atom is -0.395 e. The van der Waals surface area contributed by atoms with E-state index in [4.69, 9.17) is 0 Å². The predicted octanol–water partition coefficient (Wildman–Crippen LogP) is 3.23. The minimum absolute atomic E-state index is 0.0198. The average Bonchev–Trinajstić information content (AvgIpc) is 2.61. The van der Waals surface area contributed by atoms with Crippen LogP contribution in [0.5, 0.6) is 0 Å². The summed E-state index contributed by atoms with van der Waals surface area (Å²) in [7, 11) is 0. The Labute approximate surface area is 152 Å². The number of hydrogen-bond donors (Lipinski definition) is 2. The van der Waals surface area contributed by atoms with Crippen molar-refractivity contribution >= 4 is 5.91 Å². The zero-order valence-corrected chi connectivity index (χ0v) is 15.9. The van der Waals surface area contributed by atoms with E-state index in [0.29, 0.717) is 13.1 Å². The van der Waals surface area contributed by atoms with E-state index in [1.165, 1.54) is 36.0 Å². The van der Waals surface area contributed by atoms with Crippen LogP contribution < -0.4 is 5.32 Å². The van der Waals surface area contributed by atoms with Crippen LogP contribution in [0.4, 0.5) is 0 Å². The van der Waals surface area contributed by atoms with E-state index in [0.717, 1.165) is 32.2 Å². The van der Waals surface area contributed by atoms with Crippen LogP contribution in [-0.2, 0) is 17.6 Å². The van der Waals surface area contributed by atoms with Crippen molar-refractivity contribution in [3.63, 3.8) is 0 Å². The summed E-state index contributed by atoms with van der Waals surface area (Å²) in [5.74, 6) is 0.0372. The Morgan fingerprint density at radius 3 is 2.68 bits per heavy atom. The van der Waals surface area contributed by atoms with E-state index >= 15 is 0 Å². The minimum atomic E-state index is 0.0198. The normalized spacial score (nSPS) is 15.0. The van der Waals surface area contributed by atoms with Crippen molar-refractivity contribution in [3.05, 3.63) is 34.9 Å². The maximum atomic E-state index is 12.4. The molecule has 1 aliphatic rings. The Kier molecular flexibility index (Phi) is 8.42. The van der Waals surface area contributed by atoms with E-state index < -0.39 is 0 Å². The molecule has 0 bridgehead atoms. The Morgan fingerprint density at radius 1 is 1.20 bits per heavy atom. The largest absolute Gasteiger partial charge is 0.395 e. The van der Waals surface area contributed by atoms with Gasteiger partial charge in [-0.3, -0.25) is 9.69 Å². The molecule has 0 heterocycles. The van der Waals surface area contributed by atoms with Gasteiger partial charge in [0, 0.05) is 6.54 Å². The summed E-state index contributed by atoms with van der Waals surface area (Å²) in [5.41, 5.74) is 4.11. The summed E-state index contributed by atoms with van der Waals surface area (Å²) < 4.78 is 0. The number of aryl methyl sites for hydroxylation is 2. The van der Waals surface area contributed by atoms with Crippen molar-refractivity contribution in [2.24, 2.45) is 0 Å². The number of benzene rings is 1. The summed E-state index contributed by atoms with van der Waals surface area (Å²) in [6.45, 7) is 6.11. The topological polar surface area (TPSA) is 52.6 Å². The lowest BCUT2D eigenvalue weighted by Gasteiger charge is -2.23. The van der Waals surface area contributed by atoms with Crippen LogP contribution in [0.3, 0.4) is 0 Å². The molecule has 2 rings (SSSR count). The van der Waals surface area contributed by atoms with Crippen LogP contribution in [0.15, 0.2) is 18.2 Å². The molecule has 4 nitrogen and oxygen atoms in total. The third kappa shape index (κ3) is 6.44. The molecule has 1 aromatic carbocycles. The number of aliphatic hydroxyl groups is 1. The Balaban J connectivity index is 1.87. The number of carbonyl (C=O) groups excluding carboxylic acids is 1. The summed E-state index contributed by atoms with van der Waals surface area (Å²) in [4.78, 5) is 14.4. The number of nitrogens with zero attached hydrogens (tertiary/aromatic N) is 1. The lowest BCUT2D eigenvalue weighted by atomic mass is 9.89. The van der Waals surface area contributed by atoms with Crippen molar-refractivity contribution in [2.75, 3.05) is 26.2 Å². The molecule has 4 heteroatoms. The first-order valence-electron chi connectivity index (χ1n) is 9.88. The molecule has 1 aliphatic carbocycles. The summed E-state index contributed by atoms with van der Waals surface area (Å²) >= 11 is 0. The van der Waals surface area contributed by atoms with Gasteiger partial charge in [0.05, 0.1) is 19.2 Å². The molecule has 0 spiro atoms. The number of carbonyl (C=O) groups is 1. The second-order valence-electron chi connectivity index (χ2n) is 7.23. The molecule has 0 fully saturated rings. The highest BCUT2D eigenvalue weighted by Gasteiger charge is 2.16. The molecule has 2 N–H and O–H groups in total. The number of unbranched alkanes of at least 4 members (excludes halogenated alkanes) is 2. The van der Waals surface area contributed by atoms with E-state index in [2.05, 4.69) is 37.4 Å². The maximum absolute atomic E-state index is 12.4. The van der Waals surface area contributed by atoms with Gasteiger partial charge in [0.25, 0.3) is 0 Å². The molecule has 1 aromatic rings. The van der Waals surface area contributed by atoms with Gasteiger partial charge in [-0.1, -0.05) is 38.0 Å². The highest BCUT2D eigenvalue weighted by molar-refractivity contribution is 5.78. The smallest absolute Gasteiger partial charge is 0.234 e. The van der Waals surface area contributed by atoms with Gasteiger partial charge in [-0.25, -0.2) is 0 Å². The van der Waals surface area contributed by atoms with Gasteiger partial charge in [-0.2, -0.15) is 0 Å². The van der Waals surface area contributed by atoms with Crippen molar-refractivity contribution in [2.45, 2.75) is 64.8 Å². The average molecular weight is 347 g/mol. The van der Waals surface area contributed by atoms with E-state index in [1.807, 2.05) is 4.90 Å². The van der Waals surface area contributed by atoms with E-state index in [9.17, 15) is 9.90 Å². The van der Waals surface area contributed by atoms with E-state index in [-0.39, 0.29) is 18.6 Å². The second-order valence-corrected chi connectivity index (χ2v) is 7.23. The van der Waals surface area contributed by atoms with Gasteiger partial charge in [-0.15, -0.1) is 0 Å². The van der Waals surface area contributed by atoms with Crippen LogP contribution in [0.2, 0.25) is 0 Å². The monoisotopic (exact) mass is 346 g/mol. The van der Waals surface area contributed by atoms with Crippen molar-refractivity contribution < 1.29 is 9.90 Å². The van der Waals surface area contributed by atoms with E-state index in [1.54, 1.807) is 0 Å². The number of rotatable bonds is 10. The quantitative estimate of drug-likeness (QED) is 0.640. The van der Waals surface area contributed by atoms with Crippen molar-refractivity contribution in [3.8, 4) is 0 Å². The van der Waals surface area contributed by atoms with Gasteiger partial charge in [0.2, 0.25) is 5.91 Å². The Hall–Kier alpha value is -1.39. The zero-order chi connectivity index (χ0) is 18.1. The number of nitrogens with one attached hydrogen (secondary N) is 1. The van der Waals surface area contributed by atoms with Gasteiger partial charge in [-0.05, 0) is 62.3 Å². The summed E-state index contributed by atoms with van der Waals surface area (Å²) in [5, 5.41) is 12.3. The van der Waals surface area contributed by atoms with Gasteiger partial charge >= 0.3 is 0 Å². The zero-order valence-electron chi connectivity index (χ0n) is 15.9. The summed E-state index contributed by atoms with van der Waals surface area (Å²) in [6.07, 6.45) is 8.30. The molecule has 140 valence electrons. The SMILES string of the molecule is CCCCCN(CCO)CC(=O)NC(C)c1ccc2c(c1)CCCC2. The fraction of sp³-hybridized carbons (Fsp3) is 0.667. The van der Waals surface area contributed by atoms with Crippen molar-refractivity contribution in [1.82, 2.24) is 10.2 Å². The standard InChI is InChI=1S/C21H34N2O2/c1-3-4-7-12-23(13-14-24)16-21(25)22-17(2)19-11-10-18-8-5-6-9-20(18)15-19/h10-11,15,17,24H,3-9,12-14,16H2,1-2H3,(H,22,25). The van der Waals surface area contributed by atoms with Crippen LogP contribution >= 0.6 is 0 Å². The maximum Gasteiger partial charge on any atom is 0.234 e. The molecule has 1 amide bonds.